The molecule has 0 unspecified atom stereocenters. The fraction of sp³-hybridized carbons (Fsp3) is 0.269. The number of ether oxygens (including phenoxy) is 3. The first-order chi connectivity index (χ1) is 16.4. The molecule has 0 atom stereocenters. The molecule has 0 heterocycles. The smallest absolute Gasteiger partial charge is 0.343 e. The van der Waals surface area contributed by atoms with Crippen LogP contribution in [0.3, 0.4) is 0 Å². The quantitative estimate of drug-likeness (QED) is 0.130. The normalized spacial score (nSPS) is 10.5. The summed E-state index contributed by atoms with van der Waals surface area (Å²) in [5.74, 6) is -0.742. The van der Waals surface area contributed by atoms with Crippen molar-refractivity contribution in [3.8, 4) is 11.5 Å². The van der Waals surface area contributed by atoms with Crippen molar-refractivity contribution in [2.75, 3.05) is 13.2 Å². The summed E-state index contributed by atoms with van der Waals surface area (Å²) >= 11 is 0. The second-order valence-corrected chi connectivity index (χ2v) is 7.42. The van der Waals surface area contributed by atoms with Gasteiger partial charge in [0.05, 0.1) is 18.8 Å². The minimum Gasteiger partial charge on any atom is -0.494 e. The molecule has 0 N–H and O–H groups in total. The highest BCUT2D eigenvalue weighted by Crippen LogP contribution is 2.17. The van der Waals surface area contributed by atoms with Crippen LogP contribution in [-0.4, -0.2) is 31.1 Å². The van der Waals surface area contributed by atoms with E-state index >= 15 is 0 Å². The summed E-state index contributed by atoms with van der Waals surface area (Å²) in [6.07, 6.45) is 6.05. The molecule has 8 heteroatoms. The standard InChI is InChI=1S/C26H27NO7/c1-19(2)25(29)33-18-6-4-3-5-17-32-22-14-10-21(11-15-22)26(30)34-23-12-7-20(8-13-23)9-16-24(28)27-31/h7-16H,1,3-6,17-18H2,2H3/b16-9+. The maximum Gasteiger partial charge on any atom is 0.343 e. The summed E-state index contributed by atoms with van der Waals surface area (Å²) < 4.78 is 16.1. The molecule has 2 rings (SSSR count). The number of esters is 2. The SMILES string of the molecule is C=C(C)C(=O)OCCCCCCOc1ccc(C(=O)Oc2ccc(/C=C/C(=O)N=O)cc2)cc1. The second-order valence-electron chi connectivity index (χ2n) is 7.42. The number of carbonyl (C=O) groups excluding carboxylic acids is 3. The first-order valence-corrected chi connectivity index (χ1v) is 10.8. The van der Waals surface area contributed by atoms with Crippen LogP contribution >= 0.6 is 0 Å². The molecule has 0 aromatic heterocycles. The van der Waals surface area contributed by atoms with Gasteiger partial charge < -0.3 is 14.2 Å². The Balaban J connectivity index is 1.68. The zero-order valence-corrected chi connectivity index (χ0v) is 19.0. The van der Waals surface area contributed by atoms with Gasteiger partial charge in [0.15, 0.2) is 0 Å². The van der Waals surface area contributed by atoms with Gasteiger partial charge in [-0.1, -0.05) is 18.7 Å². The number of nitrogens with zero attached hydrogens (tertiary/aromatic N) is 1. The van der Waals surface area contributed by atoms with Crippen molar-refractivity contribution in [3.05, 3.63) is 82.8 Å². The molecule has 0 bridgehead atoms. The Morgan fingerprint density at radius 2 is 1.50 bits per heavy atom. The van der Waals surface area contributed by atoms with Gasteiger partial charge in [-0.3, -0.25) is 4.79 Å². The van der Waals surface area contributed by atoms with Crippen molar-refractivity contribution in [3.63, 3.8) is 0 Å². The molecule has 0 saturated heterocycles. The van der Waals surface area contributed by atoms with E-state index in [1.54, 1.807) is 55.5 Å². The van der Waals surface area contributed by atoms with Crippen molar-refractivity contribution in [2.45, 2.75) is 32.6 Å². The molecular weight excluding hydrogens is 438 g/mol. The molecule has 2 aromatic rings. The van der Waals surface area contributed by atoms with Gasteiger partial charge in [-0.15, -0.1) is 4.91 Å². The zero-order valence-electron chi connectivity index (χ0n) is 19.0. The molecule has 0 aliphatic rings. The summed E-state index contributed by atoms with van der Waals surface area (Å²) in [6.45, 7) is 6.10. The van der Waals surface area contributed by atoms with E-state index in [-0.39, 0.29) is 5.97 Å². The summed E-state index contributed by atoms with van der Waals surface area (Å²) in [7, 11) is 0. The van der Waals surface area contributed by atoms with Gasteiger partial charge in [0.2, 0.25) is 0 Å². The molecule has 8 nitrogen and oxygen atoms in total. The monoisotopic (exact) mass is 465 g/mol. The summed E-state index contributed by atoms with van der Waals surface area (Å²) in [4.78, 5) is 44.5. The molecule has 0 fully saturated rings. The third-order valence-electron chi connectivity index (χ3n) is 4.58. The summed E-state index contributed by atoms with van der Waals surface area (Å²) in [5.41, 5.74) is 1.44. The van der Waals surface area contributed by atoms with Crippen molar-refractivity contribution >= 4 is 23.9 Å². The Hall–Kier alpha value is -4.07. The van der Waals surface area contributed by atoms with Crippen LogP contribution in [0.25, 0.3) is 6.08 Å². The molecule has 34 heavy (non-hydrogen) atoms. The van der Waals surface area contributed by atoms with Crippen molar-refractivity contribution < 1.29 is 28.6 Å². The number of nitroso groups, excluding NO2 is 1. The van der Waals surface area contributed by atoms with Crippen LogP contribution in [0.5, 0.6) is 11.5 Å². The summed E-state index contributed by atoms with van der Waals surface area (Å²) in [6, 6.07) is 13.1. The van der Waals surface area contributed by atoms with Crippen molar-refractivity contribution in [2.24, 2.45) is 5.18 Å². The minimum atomic E-state index is -0.873. The van der Waals surface area contributed by atoms with E-state index in [2.05, 4.69) is 11.8 Å². The fourth-order valence-electron chi connectivity index (χ4n) is 2.73. The number of hydrogen-bond acceptors (Lipinski definition) is 7. The lowest BCUT2D eigenvalue weighted by Gasteiger charge is -2.08. The molecule has 0 saturated carbocycles. The Bertz CT molecular complexity index is 1020. The highest BCUT2D eigenvalue weighted by atomic mass is 16.5. The predicted octanol–water partition coefficient (Wildman–Crippen LogP) is 5.27. The predicted molar refractivity (Wildman–Crippen MR) is 127 cm³/mol. The minimum absolute atomic E-state index is 0.344. The van der Waals surface area contributed by atoms with E-state index in [0.29, 0.717) is 41.4 Å². The van der Waals surface area contributed by atoms with Gasteiger partial charge in [0, 0.05) is 16.8 Å². The van der Waals surface area contributed by atoms with Crippen LogP contribution in [0.15, 0.2) is 71.9 Å². The average Bonchev–Trinajstić information content (AvgIpc) is 2.85. The van der Waals surface area contributed by atoms with E-state index in [9.17, 15) is 19.3 Å². The maximum atomic E-state index is 12.3. The topological polar surface area (TPSA) is 108 Å². The maximum absolute atomic E-state index is 12.3. The first kappa shape index (κ1) is 26.2. The number of carbonyl (C=O) groups is 3. The molecule has 0 aliphatic carbocycles. The molecule has 2 aromatic carbocycles. The number of rotatable bonds is 13. The van der Waals surface area contributed by atoms with Gasteiger partial charge in [-0.2, -0.15) is 0 Å². The Morgan fingerprint density at radius 1 is 0.882 bits per heavy atom. The van der Waals surface area contributed by atoms with Crippen LogP contribution < -0.4 is 9.47 Å². The highest BCUT2D eigenvalue weighted by molar-refractivity contribution is 5.92. The van der Waals surface area contributed by atoms with Crippen LogP contribution in [0, 0.1) is 4.91 Å². The van der Waals surface area contributed by atoms with E-state index in [0.717, 1.165) is 31.8 Å². The van der Waals surface area contributed by atoms with E-state index < -0.39 is 11.9 Å². The van der Waals surface area contributed by atoms with Crippen LogP contribution in [-0.2, 0) is 14.3 Å². The third-order valence-corrected chi connectivity index (χ3v) is 4.58. The molecular formula is C26H27NO7. The molecule has 0 radical (unpaired) electrons. The fourth-order valence-corrected chi connectivity index (χ4v) is 2.73. The van der Waals surface area contributed by atoms with Gasteiger partial charge >= 0.3 is 17.8 Å². The number of hydrogen-bond donors (Lipinski definition) is 0. The average molecular weight is 466 g/mol. The van der Waals surface area contributed by atoms with E-state index in [1.807, 2.05) is 0 Å². The Kier molecular flexibility index (Phi) is 10.9. The second kappa shape index (κ2) is 14.2. The van der Waals surface area contributed by atoms with Gasteiger partial charge in [0.25, 0.3) is 0 Å². The number of unbranched alkanes of at least 4 members (excludes halogenated alkanes) is 3. The molecule has 178 valence electrons. The van der Waals surface area contributed by atoms with E-state index in [4.69, 9.17) is 14.2 Å². The molecule has 0 spiro atoms. The lowest BCUT2D eigenvalue weighted by molar-refractivity contribution is -0.139. The van der Waals surface area contributed by atoms with Crippen LogP contribution in [0.2, 0.25) is 0 Å². The lowest BCUT2D eigenvalue weighted by Crippen LogP contribution is -2.08. The molecule has 0 aliphatic heterocycles. The largest absolute Gasteiger partial charge is 0.494 e. The van der Waals surface area contributed by atoms with Crippen LogP contribution in [0.4, 0.5) is 0 Å². The number of amides is 1. The molecule has 1 amide bonds. The first-order valence-electron chi connectivity index (χ1n) is 10.8. The third kappa shape index (κ3) is 9.60. The number of benzene rings is 2. The lowest BCUT2D eigenvalue weighted by atomic mass is 10.2. The van der Waals surface area contributed by atoms with Gasteiger partial charge in [-0.25, -0.2) is 9.59 Å². The van der Waals surface area contributed by atoms with E-state index in [1.165, 1.54) is 6.08 Å². The van der Waals surface area contributed by atoms with Gasteiger partial charge in [0.1, 0.15) is 11.5 Å². The summed E-state index contributed by atoms with van der Waals surface area (Å²) in [5, 5.41) is 2.27. The highest BCUT2D eigenvalue weighted by Gasteiger charge is 2.09. The van der Waals surface area contributed by atoms with Crippen molar-refractivity contribution in [1.29, 1.82) is 0 Å². The van der Waals surface area contributed by atoms with Crippen molar-refractivity contribution in [1.82, 2.24) is 0 Å². The van der Waals surface area contributed by atoms with Gasteiger partial charge in [-0.05, 0) is 80.6 Å². The zero-order chi connectivity index (χ0) is 24.8. The van der Waals surface area contributed by atoms with Crippen LogP contribution in [0.1, 0.15) is 48.5 Å². The Morgan fingerprint density at radius 3 is 2.12 bits per heavy atom. The Labute approximate surface area is 198 Å².